The smallest absolute Gasteiger partial charge is 0.253 e. The first-order chi connectivity index (χ1) is 10.1. The lowest BCUT2D eigenvalue weighted by atomic mass is 10.1. The Balaban J connectivity index is 1.78. The molecule has 21 heavy (non-hydrogen) atoms. The molecule has 2 aromatic rings. The molecular weight excluding hydrogens is 266 g/mol. The van der Waals surface area contributed by atoms with Crippen LogP contribution in [0.15, 0.2) is 18.5 Å². The van der Waals surface area contributed by atoms with Crippen LogP contribution in [-0.2, 0) is 0 Å². The first-order valence-electron chi connectivity index (χ1n) is 7.50. The molecule has 0 spiro atoms. The van der Waals surface area contributed by atoms with Gasteiger partial charge in [0.05, 0.1) is 11.8 Å². The van der Waals surface area contributed by atoms with Gasteiger partial charge in [0.2, 0.25) is 0 Å². The maximum Gasteiger partial charge on any atom is 0.253 e. The molecule has 112 valence electrons. The van der Waals surface area contributed by atoms with Crippen molar-refractivity contribution in [3.63, 3.8) is 0 Å². The lowest BCUT2D eigenvalue weighted by molar-refractivity contribution is 0.0930. The number of carbonyl (C=O) groups excluding carboxylic acids is 1. The van der Waals surface area contributed by atoms with Gasteiger partial charge in [-0.2, -0.15) is 5.10 Å². The second kappa shape index (κ2) is 5.81. The quantitative estimate of drug-likeness (QED) is 0.897. The van der Waals surface area contributed by atoms with E-state index in [0.29, 0.717) is 5.56 Å². The molecular formula is C15H21N5O. The monoisotopic (exact) mass is 287 g/mol. The molecule has 1 amide bonds. The Morgan fingerprint density at radius 3 is 3.05 bits per heavy atom. The Morgan fingerprint density at radius 1 is 1.48 bits per heavy atom. The molecule has 1 fully saturated rings. The number of rotatable bonds is 3. The van der Waals surface area contributed by atoms with E-state index in [2.05, 4.69) is 34.6 Å². The molecule has 6 nitrogen and oxygen atoms in total. The largest absolute Gasteiger partial charge is 0.348 e. The van der Waals surface area contributed by atoms with Crippen LogP contribution in [-0.4, -0.2) is 39.8 Å². The number of nitrogens with zero attached hydrogens (tertiary/aromatic N) is 3. The summed E-state index contributed by atoms with van der Waals surface area (Å²) >= 11 is 0. The SMILES string of the molecule is CC(C)n1ncc2cc(C(=O)N[C@H]3CCCNC3)cnc21. The van der Waals surface area contributed by atoms with Gasteiger partial charge >= 0.3 is 0 Å². The zero-order valence-corrected chi connectivity index (χ0v) is 12.5. The highest BCUT2D eigenvalue weighted by atomic mass is 16.1. The molecule has 6 heteroatoms. The number of fused-ring (bicyclic) bond motifs is 1. The third-order valence-corrected chi connectivity index (χ3v) is 3.82. The fraction of sp³-hybridized carbons (Fsp3) is 0.533. The fourth-order valence-electron chi connectivity index (χ4n) is 2.69. The van der Waals surface area contributed by atoms with Crippen LogP contribution in [0.1, 0.15) is 43.1 Å². The maximum absolute atomic E-state index is 12.3. The van der Waals surface area contributed by atoms with Crippen molar-refractivity contribution < 1.29 is 4.79 Å². The third kappa shape index (κ3) is 2.90. The summed E-state index contributed by atoms with van der Waals surface area (Å²) in [5.74, 6) is -0.0598. The van der Waals surface area contributed by atoms with Crippen LogP contribution in [0, 0.1) is 0 Å². The summed E-state index contributed by atoms with van der Waals surface area (Å²) in [4.78, 5) is 16.7. The molecule has 1 atom stereocenters. The molecule has 2 aromatic heterocycles. The molecule has 3 rings (SSSR count). The zero-order chi connectivity index (χ0) is 14.8. The molecule has 1 aliphatic heterocycles. The molecule has 0 saturated carbocycles. The molecule has 1 saturated heterocycles. The van der Waals surface area contributed by atoms with Crippen molar-refractivity contribution in [3.05, 3.63) is 24.0 Å². The van der Waals surface area contributed by atoms with Crippen molar-refractivity contribution in [1.82, 2.24) is 25.4 Å². The van der Waals surface area contributed by atoms with Crippen molar-refractivity contribution in [1.29, 1.82) is 0 Å². The Labute approximate surface area is 123 Å². The van der Waals surface area contributed by atoms with Gasteiger partial charge in [0.1, 0.15) is 0 Å². The maximum atomic E-state index is 12.3. The highest BCUT2D eigenvalue weighted by Crippen LogP contribution is 2.16. The zero-order valence-electron chi connectivity index (χ0n) is 12.5. The lowest BCUT2D eigenvalue weighted by Gasteiger charge is -2.23. The average molecular weight is 287 g/mol. The van der Waals surface area contributed by atoms with Crippen molar-refractivity contribution in [2.24, 2.45) is 0 Å². The molecule has 0 aromatic carbocycles. The number of hydrogen-bond acceptors (Lipinski definition) is 4. The number of carbonyl (C=O) groups is 1. The van der Waals surface area contributed by atoms with Crippen LogP contribution in [0.25, 0.3) is 11.0 Å². The van der Waals surface area contributed by atoms with Gasteiger partial charge in [-0.25, -0.2) is 9.67 Å². The summed E-state index contributed by atoms with van der Waals surface area (Å²) in [5, 5.41) is 11.6. The van der Waals surface area contributed by atoms with Crippen LogP contribution in [0.3, 0.4) is 0 Å². The minimum atomic E-state index is -0.0598. The summed E-state index contributed by atoms with van der Waals surface area (Å²) in [5.41, 5.74) is 1.41. The molecule has 0 bridgehead atoms. The van der Waals surface area contributed by atoms with E-state index < -0.39 is 0 Å². The minimum Gasteiger partial charge on any atom is -0.348 e. The Morgan fingerprint density at radius 2 is 2.33 bits per heavy atom. The Bertz CT molecular complexity index is 643. The predicted octanol–water partition coefficient (Wildman–Crippen LogP) is 1.49. The van der Waals surface area contributed by atoms with Gasteiger partial charge < -0.3 is 10.6 Å². The van der Waals surface area contributed by atoms with Crippen LogP contribution < -0.4 is 10.6 Å². The van der Waals surface area contributed by atoms with E-state index in [1.807, 2.05) is 10.7 Å². The van der Waals surface area contributed by atoms with Gasteiger partial charge in [0.25, 0.3) is 5.91 Å². The van der Waals surface area contributed by atoms with E-state index in [9.17, 15) is 4.79 Å². The van der Waals surface area contributed by atoms with E-state index in [-0.39, 0.29) is 18.0 Å². The van der Waals surface area contributed by atoms with E-state index in [1.165, 1.54) is 0 Å². The number of aromatic nitrogens is 3. The first-order valence-corrected chi connectivity index (χ1v) is 7.50. The minimum absolute atomic E-state index is 0.0598. The van der Waals surface area contributed by atoms with Gasteiger partial charge in [-0.3, -0.25) is 4.79 Å². The highest BCUT2D eigenvalue weighted by Gasteiger charge is 2.17. The van der Waals surface area contributed by atoms with Crippen molar-refractivity contribution in [2.45, 2.75) is 38.8 Å². The first kappa shape index (κ1) is 14.0. The topological polar surface area (TPSA) is 71.8 Å². The van der Waals surface area contributed by atoms with Crippen LogP contribution in [0.4, 0.5) is 0 Å². The average Bonchev–Trinajstić information content (AvgIpc) is 2.91. The summed E-state index contributed by atoms with van der Waals surface area (Å²) in [6.07, 6.45) is 5.53. The number of hydrogen-bond donors (Lipinski definition) is 2. The second-order valence-corrected chi connectivity index (χ2v) is 5.84. The fourth-order valence-corrected chi connectivity index (χ4v) is 2.69. The summed E-state index contributed by atoms with van der Waals surface area (Å²) in [6, 6.07) is 2.32. The highest BCUT2D eigenvalue weighted by molar-refractivity contribution is 5.97. The summed E-state index contributed by atoms with van der Waals surface area (Å²) < 4.78 is 1.86. The molecule has 2 N–H and O–H groups in total. The lowest BCUT2D eigenvalue weighted by Crippen LogP contribution is -2.45. The van der Waals surface area contributed by atoms with Gasteiger partial charge in [-0.1, -0.05) is 0 Å². The normalized spacial score (nSPS) is 19.1. The molecule has 1 aliphatic rings. The predicted molar refractivity (Wildman–Crippen MR) is 81.3 cm³/mol. The van der Waals surface area contributed by atoms with E-state index in [4.69, 9.17) is 0 Å². The van der Waals surface area contributed by atoms with Crippen LogP contribution in [0.2, 0.25) is 0 Å². The van der Waals surface area contributed by atoms with E-state index in [0.717, 1.165) is 37.0 Å². The van der Waals surface area contributed by atoms with Gasteiger partial charge in [-0.15, -0.1) is 0 Å². The number of amides is 1. The number of piperidine rings is 1. The third-order valence-electron chi connectivity index (χ3n) is 3.82. The molecule has 0 radical (unpaired) electrons. The van der Waals surface area contributed by atoms with Crippen LogP contribution in [0.5, 0.6) is 0 Å². The van der Waals surface area contributed by atoms with Gasteiger partial charge in [0, 0.05) is 30.2 Å². The standard InChI is InChI=1S/C15H21N5O/c1-10(2)20-14-11(8-18-20)6-12(7-17-14)15(21)19-13-4-3-5-16-9-13/h6-8,10,13,16H,3-5,9H2,1-2H3,(H,19,21)/t13-/m0/s1. The van der Waals surface area contributed by atoms with Crippen LogP contribution >= 0.6 is 0 Å². The van der Waals surface area contributed by atoms with Crippen molar-refractivity contribution in [2.75, 3.05) is 13.1 Å². The molecule has 3 heterocycles. The molecule has 0 unspecified atom stereocenters. The molecule has 0 aliphatic carbocycles. The van der Waals surface area contributed by atoms with Crippen molar-refractivity contribution >= 4 is 16.9 Å². The Kier molecular flexibility index (Phi) is 3.88. The summed E-state index contributed by atoms with van der Waals surface area (Å²) in [6.45, 7) is 6.00. The van der Waals surface area contributed by atoms with Crippen molar-refractivity contribution in [3.8, 4) is 0 Å². The number of pyridine rings is 1. The van der Waals surface area contributed by atoms with Gasteiger partial charge in [0.15, 0.2) is 5.65 Å². The second-order valence-electron chi connectivity index (χ2n) is 5.84. The number of nitrogens with one attached hydrogen (secondary N) is 2. The summed E-state index contributed by atoms with van der Waals surface area (Å²) in [7, 11) is 0. The Hall–Kier alpha value is -1.95. The van der Waals surface area contributed by atoms with Gasteiger partial charge in [-0.05, 0) is 39.3 Å². The van der Waals surface area contributed by atoms with E-state index >= 15 is 0 Å². The van der Waals surface area contributed by atoms with E-state index in [1.54, 1.807) is 12.4 Å².